The van der Waals surface area contributed by atoms with Gasteiger partial charge in [-0.25, -0.2) is 4.98 Å². The summed E-state index contributed by atoms with van der Waals surface area (Å²) < 4.78 is 4.79. The normalized spacial score (nSPS) is 16.0. The summed E-state index contributed by atoms with van der Waals surface area (Å²) in [6.45, 7) is 2.00. The van der Waals surface area contributed by atoms with Gasteiger partial charge >= 0.3 is 7.32 Å². The number of anilines is 1. The maximum atomic E-state index is 8.71. The van der Waals surface area contributed by atoms with Crippen LogP contribution >= 0.6 is 0 Å². The van der Waals surface area contributed by atoms with Crippen LogP contribution in [0.2, 0.25) is 0 Å². The van der Waals surface area contributed by atoms with Crippen LogP contribution in [-0.2, 0) is 0 Å². The van der Waals surface area contributed by atoms with Gasteiger partial charge in [0.1, 0.15) is 11.6 Å². The van der Waals surface area contributed by atoms with Crippen molar-refractivity contribution in [2.75, 3.05) is 18.0 Å². The Morgan fingerprint density at radius 3 is 2.69 bits per heavy atom. The fraction of sp³-hybridized carbons (Fsp3) is 0.500. The van der Waals surface area contributed by atoms with Crippen molar-refractivity contribution in [3.63, 3.8) is 0 Å². The average molecular weight is 222 g/mol. The quantitative estimate of drug-likeness (QED) is 0.725. The molecule has 1 aliphatic heterocycles. The highest BCUT2D eigenvalue weighted by Gasteiger charge is 2.15. The lowest BCUT2D eigenvalue weighted by Crippen LogP contribution is -2.30. The zero-order valence-electron chi connectivity index (χ0n) is 9.04. The lowest BCUT2D eigenvalue weighted by molar-refractivity contribution is 0.288. The molecule has 2 N–H and O–H groups in total. The standard InChI is InChI=1S/C10H15BN2O3/c14-11(15)16-9-4-5-12-10(8-9)13-6-2-1-3-7-13/h4-5,8,14-15H,1-3,6-7H2. The van der Waals surface area contributed by atoms with Crippen molar-refractivity contribution in [1.29, 1.82) is 0 Å². The van der Waals surface area contributed by atoms with Crippen molar-refractivity contribution in [2.45, 2.75) is 19.3 Å². The van der Waals surface area contributed by atoms with E-state index >= 15 is 0 Å². The van der Waals surface area contributed by atoms with Gasteiger partial charge in [0.15, 0.2) is 0 Å². The van der Waals surface area contributed by atoms with Crippen molar-refractivity contribution in [1.82, 2.24) is 4.98 Å². The van der Waals surface area contributed by atoms with Gasteiger partial charge in [0, 0.05) is 25.4 Å². The molecule has 0 spiro atoms. The number of aromatic nitrogens is 1. The molecule has 6 heteroatoms. The first-order valence-corrected chi connectivity index (χ1v) is 5.49. The Balaban J connectivity index is 2.08. The second kappa shape index (κ2) is 5.18. The lowest BCUT2D eigenvalue weighted by Gasteiger charge is -2.27. The molecule has 5 nitrogen and oxygen atoms in total. The summed E-state index contributed by atoms with van der Waals surface area (Å²) in [7, 11) is -1.78. The van der Waals surface area contributed by atoms with Crippen LogP contribution in [0.5, 0.6) is 5.75 Å². The highest BCUT2D eigenvalue weighted by Crippen LogP contribution is 2.21. The highest BCUT2D eigenvalue weighted by molar-refractivity contribution is 6.33. The summed E-state index contributed by atoms with van der Waals surface area (Å²) in [6, 6.07) is 3.33. The molecule has 0 amide bonds. The van der Waals surface area contributed by atoms with Crippen LogP contribution in [0.3, 0.4) is 0 Å². The van der Waals surface area contributed by atoms with E-state index in [2.05, 4.69) is 9.88 Å². The molecule has 0 saturated carbocycles. The SMILES string of the molecule is OB(O)Oc1ccnc(N2CCCCC2)c1. The number of pyridine rings is 1. The monoisotopic (exact) mass is 222 g/mol. The van der Waals surface area contributed by atoms with E-state index in [0.29, 0.717) is 5.75 Å². The zero-order chi connectivity index (χ0) is 11.4. The predicted molar refractivity (Wildman–Crippen MR) is 61.1 cm³/mol. The van der Waals surface area contributed by atoms with E-state index in [9.17, 15) is 0 Å². The molecule has 2 heterocycles. The molecular formula is C10H15BN2O3. The minimum absolute atomic E-state index is 0.422. The van der Waals surface area contributed by atoms with Crippen molar-refractivity contribution < 1.29 is 14.7 Å². The van der Waals surface area contributed by atoms with Crippen molar-refractivity contribution in [3.8, 4) is 5.75 Å². The molecule has 2 rings (SSSR count). The number of hydrogen-bond acceptors (Lipinski definition) is 5. The van der Waals surface area contributed by atoms with Crippen molar-refractivity contribution in [2.24, 2.45) is 0 Å². The van der Waals surface area contributed by atoms with Crippen molar-refractivity contribution >= 4 is 13.1 Å². The molecule has 1 aromatic rings. The molecule has 0 aliphatic carbocycles. The van der Waals surface area contributed by atoms with Gasteiger partial charge in [0.05, 0.1) is 0 Å². The van der Waals surface area contributed by atoms with Gasteiger partial charge in [-0.1, -0.05) is 0 Å². The number of rotatable bonds is 3. The second-order valence-electron chi connectivity index (χ2n) is 3.84. The summed E-state index contributed by atoms with van der Waals surface area (Å²) in [5, 5.41) is 17.4. The molecule has 86 valence electrons. The number of nitrogens with zero attached hydrogens (tertiary/aromatic N) is 2. The van der Waals surface area contributed by atoms with Gasteiger partial charge in [0.25, 0.3) is 0 Å². The summed E-state index contributed by atoms with van der Waals surface area (Å²) in [4.78, 5) is 6.43. The molecule has 1 aliphatic rings. The molecule has 1 fully saturated rings. The Bertz CT molecular complexity index is 343. The first kappa shape index (κ1) is 11.2. The number of piperidine rings is 1. The van der Waals surface area contributed by atoms with Crippen LogP contribution in [-0.4, -0.2) is 35.4 Å². The van der Waals surface area contributed by atoms with Gasteiger partial charge in [-0.2, -0.15) is 0 Å². The Morgan fingerprint density at radius 1 is 1.25 bits per heavy atom. The second-order valence-corrected chi connectivity index (χ2v) is 3.84. The Kier molecular flexibility index (Phi) is 3.64. The Morgan fingerprint density at radius 2 is 2.00 bits per heavy atom. The Hall–Kier alpha value is -1.27. The highest BCUT2D eigenvalue weighted by atomic mass is 16.6. The largest absolute Gasteiger partial charge is 0.707 e. The van der Waals surface area contributed by atoms with E-state index in [4.69, 9.17) is 14.7 Å². The molecule has 0 unspecified atom stereocenters. The van der Waals surface area contributed by atoms with Crippen LogP contribution < -0.4 is 9.55 Å². The first-order chi connectivity index (χ1) is 7.75. The van der Waals surface area contributed by atoms with Gasteiger partial charge in [-0.15, -0.1) is 0 Å². The summed E-state index contributed by atoms with van der Waals surface area (Å²) in [5.41, 5.74) is 0. The third-order valence-electron chi connectivity index (χ3n) is 2.64. The van der Waals surface area contributed by atoms with Crippen LogP contribution in [0.4, 0.5) is 5.82 Å². The van der Waals surface area contributed by atoms with Crippen molar-refractivity contribution in [3.05, 3.63) is 18.3 Å². The molecule has 16 heavy (non-hydrogen) atoms. The fourth-order valence-corrected chi connectivity index (χ4v) is 1.89. The fourth-order valence-electron chi connectivity index (χ4n) is 1.89. The van der Waals surface area contributed by atoms with E-state index in [1.165, 1.54) is 19.3 Å². The number of hydrogen-bond donors (Lipinski definition) is 2. The van der Waals surface area contributed by atoms with Gasteiger partial charge in [0.2, 0.25) is 0 Å². The zero-order valence-corrected chi connectivity index (χ0v) is 9.04. The predicted octanol–water partition coefficient (Wildman–Crippen LogP) is 0.420. The molecular weight excluding hydrogens is 207 g/mol. The van der Waals surface area contributed by atoms with E-state index < -0.39 is 7.32 Å². The molecule has 0 aromatic carbocycles. The van der Waals surface area contributed by atoms with Crippen LogP contribution in [0.1, 0.15) is 19.3 Å². The van der Waals surface area contributed by atoms with E-state index in [1.54, 1.807) is 18.3 Å². The molecule has 1 aromatic heterocycles. The smallest absolute Gasteiger partial charge is 0.512 e. The van der Waals surface area contributed by atoms with E-state index in [-0.39, 0.29) is 0 Å². The van der Waals surface area contributed by atoms with Gasteiger partial charge in [-0.3, -0.25) is 0 Å². The van der Waals surface area contributed by atoms with Crippen LogP contribution in [0.25, 0.3) is 0 Å². The van der Waals surface area contributed by atoms with E-state index in [1.807, 2.05) is 0 Å². The molecule has 0 atom stereocenters. The topological polar surface area (TPSA) is 65.8 Å². The lowest BCUT2D eigenvalue weighted by atomic mass is 10.1. The Labute approximate surface area is 94.9 Å². The van der Waals surface area contributed by atoms with E-state index in [0.717, 1.165) is 18.9 Å². The van der Waals surface area contributed by atoms with Crippen LogP contribution in [0, 0.1) is 0 Å². The molecule has 0 bridgehead atoms. The molecule has 1 saturated heterocycles. The average Bonchev–Trinajstić information content (AvgIpc) is 2.30. The summed E-state index contributed by atoms with van der Waals surface area (Å²) >= 11 is 0. The van der Waals surface area contributed by atoms with Gasteiger partial charge < -0.3 is 19.6 Å². The third-order valence-corrected chi connectivity index (χ3v) is 2.64. The summed E-state index contributed by atoms with van der Waals surface area (Å²) in [5.74, 6) is 1.25. The molecule has 0 radical (unpaired) electrons. The third kappa shape index (κ3) is 2.87. The summed E-state index contributed by atoms with van der Waals surface area (Å²) in [6.07, 6.45) is 5.23. The maximum absolute atomic E-state index is 8.71. The maximum Gasteiger partial charge on any atom is 0.707 e. The minimum atomic E-state index is -1.78. The first-order valence-electron chi connectivity index (χ1n) is 5.49. The van der Waals surface area contributed by atoms with Crippen LogP contribution in [0.15, 0.2) is 18.3 Å². The minimum Gasteiger partial charge on any atom is -0.512 e. The van der Waals surface area contributed by atoms with Gasteiger partial charge in [-0.05, 0) is 25.3 Å².